The molecule has 260 valence electrons. The van der Waals surface area contributed by atoms with Crippen LogP contribution < -0.4 is 4.90 Å². The molecule has 1 nitrogen and oxygen atoms in total. The molecule has 6 aromatic carbocycles. The van der Waals surface area contributed by atoms with Gasteiger partial charge in [0.15, 0.2) is 0 Å². The smallest absolute Gasteiger partial charge is 0.0450 e. The minimum Gasteiger partial charge on any atom is -0.338 e. The molecular weight excluding hydrogens is 639 g/mol. The van der Waals surface area contributed by atoms with E-state index in [1.807, 2.05) is 0 Å². The lowest BCUT2D eigenvalue weighted by molar-refractivity contribution is 0.642. The predicted octanol–water partition coefficient (Wildman–Crippen LogP) is 13.7. The van der Waals surface area contributed by atoms with Gasteiger partial charge in [0.05, 0.1) is 0 Å². The number of nitrogens with zero attached hydrogens (tertiary/aromatic N) is 1. The van der Waals surface area contributed by atoms with Crippen molar-refractivity contribution in [1.29, 1.82) is 0 Å². The number of hydrogen-bond acceptors (Lipinski definition) is 1. The molecule has 2 aliphatic rings. The maximum Gasteiger partial charge on any atom is 0.0450 e. The van der Waals surface area contributed by atoms with Crippen molar-refractivity contribution in [1.82, 2.24) is 0 Å². The molecule has 1 aliphatic carbocycles. The second-order valence-corrected chi connectivity index (χ2v) is 14.7. The maximum absolute atomic E-state index is 2.62. The third-order valence-corrected chi connectivity index (χ3v) is 11.0. The van der Waals surface area contributed by atoms with Crippen LogP contribution in [0, 0.1) is 20.8 Å². The van der Waals surface area contributed by atoms with Crippen molar-refractivity contribution >= 4 is 34.7 Å². The first-order chi connectivity index (χ1) is 26.0. The molecule has 0 N–H and O–H groups in total. The second-order valence-electron chi connectivity index (χ2n) is 14.7. The van der Waals surface area contributed by atoms with Crippen molar-refractivity contribution < 1.29 is 0 Å². The number of allylic oxidation sites excluding steroid dienone is 4. The topological polar surface area (TPSA) is 3.24 Å². The van der Waals surface area contributed by atoms with E-state index in [4.69, 9.17) is 0 Å². The Morgan fingerprint density at radius 2 is 1.00 bits per heavy atom. The number of hydrogen-bond donors (Lipinski definition) is 0. The van der Waals surface area contributed by atoms with Crippen molar-refractivity contribution in [3.8, 4) is 0 Å². The van der Waals surface area contributed by atoms with Crippen LogP contribution in [-0.2, 0) is 0 Å². The average Bonchev–Trinajstić information content (AvgIpc) is 3.79. The summed E-state index contributed by atoms with van der Waals surface area (Å²) in [5.74, 6) is 0.577. The third kappa shape index (κ3) is 7.52. The highest BCUT2D eigenvalue weighted by atomic mass is 15.2. The van der Waals surface area contributed by atoms with E-state index in [2.05, 4.69) is 208 Å². The molecule has 1 heteroatoms. The number of fused-ring (bicyclic) bond motifs is 3. The SMILES string of the molecule is Cc1ccc(C(=CC=Cc2ccc3c(c2)C2CCCC2N3c2ccc(C=CC=C(c3ccc(C)cc3)c3ccc(C)cc3)cc2)c2ccccc2)cc1. The summed E-state index contributed by atoms with van der Waals surface area (Å²) >= 11 is 0. The van der Waals surface area contributed by atoms with Crippen LogP contribution in [0.4, 0.5) is 11.4 Å². The highest BCUT2D eigenvalue weighted by molar-refractivity contribution is 5.83. The van der Waals surface area contributed by atoms with Crippen LogP contribution in [0.25, 0.3) is 23.3 Å². The van der Waals surface area contributed by atoms with E-state index in [1.165, 1.54) is 97.4 Å². The first-order valence-corrected chi connectivity index (χ1v) is 19.1. The van der Waals surface area contributed by atoms with Crippen molar-refractivity contribution in [3.05, 3.63) is 226 Å². The minimum absolute atomic E-state index is 0.520. The van der Waals surface area contributed by atoms with Gasteiger partial charge in [-0.15, -0.1) is 0 Å². The second kappa shape index (κ2) is 15.4. The number of aryl methyl sites for hydroxylation is 3. The Morgan fingerprint density at radius 1 is 0.509 bits per heavy atom. The number of anilines is 2. The Kier molecular flexibility index (Phi) is 9.91. The van der Waals surface area contributed by atoms with E-state index in [9.17, 15) is 0 Å². The first kappa shape index (κ1) is 34.2. The monoisotopic (exact) mass is 685 g/mol. The van der Waals surface area contributed by atoms with Crippen molar-refractivity contribution in [2.75, 3.05) is 4.90 Å². The number of rotatable bonds is 9. The molecular formula is C52H47N. The van der Waals surface area contributed by atoms with Gasteiger partial charge >= 0.3 is 0 Å². The fourth-order valence-corrected chi connectivity index (χ4v) is 8.11. The van der Waals surface area contributed by atoms with E-state index < -0.39 is 0 Å². The standard InChI is InChI=1S/C52H47N/c1-37-18-27-43(28-19-37)47(42-12-5-4-6-13-42)15-8-11-41-26-35-52-50(36-41)49-16-9-17-51(49)53(52)46-33-24-40(25-34-46)10-7-14-48(44-29-20-38(2)21-30-44)45-31-22-39(3)23-32-45/h4-8,10-15,18-36,49,51H,9,16-17H2,1-3H3. The zero-order valence-corrected chi connectivity index (χ0v) is 31.0. The predicted molar refractivity (Wildman–Crippen MR) is 228 cm³/mol. The molecule has 0 bridgehead atoms. The van der Waals surface area contributed by atoms with Gasteiger partial charge in [-0.1, -0.05) is 181 Å². The Balaban J connectivity index is 1.03. The Hall–Kier alpha value is -5.92. The highest BCUT2D eigenvalue weighted by Gasteiger charge is 2.42. The Morgan fingerprint density at radius 3 is 1.55 bits per heavy atom. The van der Waals surface area contributed by atoms with Crippen molar-refractivity contribution in [2.45, 2.75) is 52.0 Å². The zero-order valence-electron chi connectivity index (χ0n) is 31.0. The quantitative estimate of drug-likeness (QED) is 0.137. The van der Waals surface area contributed by atoms with Gasteiger partial charge in [-0.3, -0.25) is 0 Å². The van der Waals surface area contributed by atoms with Crippen molar-refractivity contribution in [2.24, 2.45) is 0 Å². The van der Waals surface area contributed by atoms with Crippen LogP contribution in [0.3, 0.4) is 0 Å². The van der Waals surface area contributed by atoms with Gasteiger partial charge in [0.25, 0.3) is 0 Å². The molecule has 2 unspecified atom stereocenters. The lowest BCUT2D eigenvalue weighted by Gasteiger charge is -2.27. The molecule has 1 heterocycles. The molecule has 8 rings (SSSR count). The minimum atomic E-state index is 0.520. The van der Waals surface area contributed by atoms with Gasteiger partial charge in [0.2, 0.25) is 0 Å². The van der Waals surface area contributed by atoms with E-state index in [0.717, 1.165) is 0 Å². The molecule has 1 saturated carbocycles. The lowest BCUT2D eigenvalue weighted by atomic mass is 9.95. The molecule has 1 fully saturated rings. The summed E-state index contributed by atoms with van der Waals surface area (Å²) in [6.07, 6.45) is 17.2. The molecule has 6 aromatic rings. The average molecular weight is 686 g/mol. The van der Waals surface area contributed by atoms with Crippen LogP contribution in [-0.4, -0.2) is 6.04 Å². The summed E-state index contributed by atoms with van der Waals surface area (Å²) in [6.45, 7) is 6.42. The van der Waals surface area contributed by atoms with Gasteiger partial charge in [-0.25, -0.2) is 0 Å². The van der Waals surface area contributed by atoms with Crippen LogP contribution in [0.15, 0.2) is 170 Å². The van der Waals surface area contributed by atoms with Crippen LogP contribution in [0.2, 0.25) is 0 Å². The van der Waals surface area contributed by atoms with Gasteiger partial charge < -0.3 is 4.90 Å². The molecule has 1 aliphatic heterocycles. The van der Waals surface area contributed by atoms with Crippen LogP contribution in [0.1, 0.15) is 80.8 Å². The third-order valence-electron chi connectivity index (χ3n) is 11.0. The molecule has 2 atom stereocenters. The molecule has 0 saturated heterocycles. The number of benzene rings is 6. The summed E-state index contributed by atoms with van der Waals surface area (Å²) in [6, 6.07) is 53.9. The zero-order chi connectivity index (χ0) is 36.1. The van der Waals surface area contributed by atoms with E-state index in [-0.39, 0.29) is 0 Å². The summed E-state index contributed by atoms with van der Waals surface area (Å²) in [5, 5.41) is 0. The first-order valence-electron chi connectivity index (χ1n) is 19.1. The van der Waals surface area contributed by atoms with E-state index >= 15 is 0 Å². The van der Waals surface area contributed by atoms with Crippen LogP contribution in [0.5, 0.6) is 0 Å². The Bertz CT molecular complexity index is 2250. The normalized spacial score (nSPS) is 16.7. The van der Waals surface area contributed by atoms with Crippen molar-refractivity contribution in [3.63, 3.8) is 0 Å². The maximum atomic E-state index is 2.62. The summed E-state index contributed by atoms with van der Waals surface area (Å²) in [7, 11) is 0. The molecule has 0 aromatic heterocycles. The summed E-state index contributed by atoms with van der Waals surface area (Å²) in [5.41, 5.74) is 17.8. The van der Waals surface area contributed by atoms with Gasteiger partial charge in [0, 0.05) is 23.3 Å². The Labute approximate surface area is 316 Å². The highest BCUT2D eigenvalue weighted by Crippen LogP contribution is 2.52. The molecule has 0 radical (unpaired) electrons. The fraction of sp³-hybridized carbons (Fsp3) is 0.154. The van der Waals surface area contributed by atoms with E-state index in [0.29, 0.717) is 12.0 Å². The van der Waals surface area contributed by atoms with Gasteiger partial charge in [-0.05, 0) is 108 Å². The van der Waals surface area contributed by atoms with Gasteiger partial charge in [-0.2, -0.15) is 0 Å². The molecule has 0 amide bonds. The fourth-order valence-electron chi connectivity index (χ4n) is 8.11. The molecule has 53 heavy (non-hydrogen) atoms. The largest absolute Gasteiger partial charge is 0.338 e. The van der Waals surface area contributed by atoms with E-state index in [1.54, 1.807) is 0 Å². The van der Waals surface area contributed by atoms with Gasteiger partial charge in [0.1, 0.15) is 0 Å². The summed E-state index contributed by atoms with van der Waals surface area (Å²) in [4.78, 5) is 2.62. The van der Waals surface area contributed by atoms with Crippen LogP contribution >= 0.6 is 0 Å². The summed E-state index contributed by atoms with van der Waals surface area (Å²) < 4.78 is 0. The molecule has 0 spiro atoms. The lowest BCUT2D eigenvalue weighted by Crippen LogP contribution is -2.26.